The summed E-state index contributed by atoms with van der Waals surface area (Å²) < 4.78 is 15.3. The molecule has 3 aromatic heterocycles. The molecule has 0 spiro atoms. The summed E-state index contributed by atoms with van der Waals surface area (Å²) in [6.07, 6.45) is 2.15. The van der Waals surface area contributed by atoms with Crippen LogP contribution in [-0.2, 0) is 6.42 Å². The lowest BCUT2D eigenvalue weighted by Gasteiger charge is -2.11. The maximum atomic E-state index is 13.3. The van der Waals surface area contributed by atoms with Crippen LogP contribution >= 0.6 is 0 Å². The summed E-state index contributed by atoms with van der Waals surface area (Å²) in [5.41, 5.74) is 12.6. The van der Waals surface area contributed by atoms with E-state index in [1.165, 1.54) is 17.8 Å². The van der Waals surface area contributed by atoms with Crippen LogP contribution in [0.4, 0.5) is 10.1 Å². The molecule has 0 bridgehead atoms. The predicted molar refractivity (Wildman–Crippen MR) is 121 cm³/mol. The van der Waals surface area contributed by atoms with Crippen molar-refractivity contribution >= 4 is 16.9 Å². The zero-order chi connectivity index (χ0) is 21.4. The standard InChI is InChI=1S/C25H20FN5/c1-2-16-7-10-18(11-8-16)31-24(19-5-3-4-6-20(19)27)30-23-14-13-22(29-25(23)31)21-12-9-17(26)15-28-21/h3-15H,2,27H2,1H3. The fourth-order valence-corrected chi connectivity index (χ4v) is 3.63. The monoisotopic (exact) mass is 409 g/mol. The van der Waals surface area contributed by atoms with Crippen LogP contribution in [0.2, 0.25) is 0 Å². The van der Waals surface area contributed by atoms with Crippen LogP contribution in [0.25, 0.3) is 39.6 Å². The second-order valence-corrected chi connectivity index (χ2v) is 7.28. The van der Waals surface area contributed by atoms with Crippen molar-refractivity contribution in [2.24, 2.45) is 0 Å². The van der Waals surface area contributed by atoms with Crippen molar-refractivity contribution in [2.75, 3.05) is 5.73 Å². The minimum atomic E-state index is -0.382. The van der Waals surface area contributed by atoms with Crippen molar-refractivity contribution in [3.8, 4) is 28.5 Å². The maximum absolute atomic E-state index is 13.3. The van der Waals surface area contributed by atoms with Gasteiger partial charge in [0.25, 0.3) is 0 Å². The van der Waals surface area contributed by atoms with Crippen molar-refractivity contribution in [3.63, 3.8) is 0 Å². The number of nitrogen functional groups attached to an aromatic ring is 1. The first-order valence-corrected chi connectivity index (χ1v) is 10.1. The molecule has 2 aromatic carbocycles. The minimum Gasteiger partial charge on any atom is -0.398 e. The number of aromatic nitrogens is 4. The van der Waals surface area contributed by atoms with Gasteiger partial charge in [-0.3, -0.25) is 9.55 Å². The third-order valence-corrected chi connectivity index (χ3v) is 5.30. The third-order valence-electron chi connectivity index (χ3n) is 5.30. The molecule has 0 aliphatic carbocycles. The molecule has 3 heterocycles. The SMILES string of the molecule is CCc1ccc(-n2c(-c3ccccc3N)nc3ccc(-c4ccc(F)cn4)nc32)cc1. The molecule has 5 aromatic rings. The second-order valence-electron chi connectivity index (χ2n) is 7.28. The summed E-state index contributed by atoms with van der Waals surface area (Å²) in [5.74, 6) is 0.335. The largest absolute Gasteiger partial charge is 0.398 e. The number of pyridine rings is 2. The highest BCUT2D eigenvalue weighted by Crippen LogP contribution is 2.32. The summed E-state index contributed by atoms with van der Waals surface area (Å²) >= 11 is 0. The molecule has 0 amide bonds. The van der Waals surface area contributed by atoms with E-state index in [-0.39, 0.29) is 5.82 Å². The van der Waals surface area contributed by atoms with Gasteiger partial charge in [0.1, 0.15) is 17.2 Å². The lowest BCUT2D eigenvalue weighted by Crippen LogP contribution is -2.01. The average molecular weight is 409 g/mol. The van der Waals surface area contributed by atoms with Crippen LogP contribution in [0.5, 0.6) is 0 Å². The van der Waals surface area contributed by atoms with E-state index in [0.29, 0.717) is 28.5 Å². The van der Waals surface area contributed by atoms with Crippen LogP contribution in [0.1, 0.15) is 12.5 Å². The zero-order valence-electron chi connectivity index (χ0n) is 17.0. The molecule has 0 unspecified atom stereocenters. The summed E-state index contributed by atoms with van der Waals surface area (Å²) in [7, 11) is 0. The first-order valence-electron chi connectivity index (χ1n) is 10.1. The summed E-state index contributed by atoms with van der Waals surface area (Å²) in [5, 5.41) is 0. The van der Waals surface area contributed by atoms with Gasteiger partial charge < -0.3 is 5.73 Å². The molecule has 2 N–H and O–H groups in total. The Morgan fingerprint density at radius 1 is 0.871 bits per heavy atom. The van der Waals surface area contributed by atoms with Gasteiger partial charge in [-0.2, -0.15) is 0 Å². The Morgan fingerprint density at radius 2 is 1.65 bits per heavy atom. The Morgan fingerprint density at radius 3 is 2.35 bits per heavy atom. The van der Waals surface area contributed by atoms with E-state index in [1.807, 2.05) is 41.0 Å². The van der Waals surface area contributed by atoms with Crippen LogP contribution < -0.4 is 5.73 Å². The van der Waals surface area contributed by atoms with E-state index in [0.717, 1.165) is 23.2 Å². The summed E-state index contributed by atoms with van der Waals surface area (Å²) in [6, 6.07) is 22.7. The topological polar surface area (TPSA) is 69.6 Å². The van der Waals surface area contributed by atoms with Crippen molar-refractivity contribution in [3.05, 3.63) is 90.4 Å². The maximum Gasteiger partial charge on any atom is 0.165 e. The molecule has 0 saturated heterocycles. The van der Waals surface area contributed by atoms with Gasteiger partial charge in [0.05, 0.1) is 17.6 Å². The number of hydrogen-bond acceptors (Lipinski definition) is 4. The van der Waals surface area contributed by atoms with Crippen molar-refractivity contribution in [1.29, 1.82) is 0 Å². The van der Waals surface area contributed by atoms with Crippen LogP contribution in [0, 0.1) is 5.82 Å². The fraction of sp³-hybridized carbons (Fsp3) is 0.0800. The molecule has 5 rings (SSSR count). The van der Waals surface area contributed by atoms with Gasteiger partial charge in [-0.1, -0.05) is 31.2 Å². The van der Waals surface area contributed by atoms with Gasteiger partial charge in [0, 0.05) is 16.9 Å². The van der Waals surface area contributed by atoms with Crippen LogP contribution in [0.3, 0.4) is 0 Å². The number of imidazole rings is 1. The predicted octanol–water partition coefficient (Wildman–Crippen LogP) is 5.43. The van der Waals surface area contributed by atoms with Gasteiger partial charge in [0.2, 0.25) is 0 Å². The van der Waals surface area contributed by atoms with Gasteiger partial charge in [-0.25, -0.2) is 14.4 Å². The molecule has 0 aliphatic rings. The number of rotatable bonds is 4. The van der Waals surface area contributed by atoms with Gasteiger partial charge in [-0.15, -0.1) is 0 Å². The lowest BCUT2D eigenvalue weighted by molar-refractivity contribution is 0.622. The molecule has 0 radical (unpaired) electrons. The minimum absolute atomic E-state index is 0.382. The van der Waals surface area contributed by atoms with Gasteiger partial charge in [0.15, 0.2) is 5.65 Å². The molecule has 0 fully saturated rings. The van der Waals surface area contributed by atoms with Crippen molar-refractivity contribution < 1.29 is 4.39 Å². The second kappa shape index (κ2) is 7.65. The van der Waals surface area contributed by atoms with E-state index < -0.39 is 0 Å². The number of nitrogens with zero attached hydrogens (tertiary/aromatic N) is 4. The Bertz CT molecular complexity index is 1370. The van der Waals surface area contributed by atoms with Crippen LogP contribution in [0.15, 0.2) is 79.0 Å². The van der Waals surface area contributed by atoms with Gasteiger partial charge >= 0.3 is 0 Å². The molecule has 0 atom stereocenters. The summed E-state index contributed by atoms with van der Waals surface area (Å²) in [4.78, 5) is 13.9. The fourth-order valence-electron chi connectivity index (χ4n) is 3.63. The lowest BCUT2D eigenvalue weighted by atomic mass is 10.1. The van der Waals surface area contributed by atoms with E-state index in [9.17, 15) is 4.39 Å². The summed E-state index contributed by atoms with van der Waals surface area (Å²) in [6.45, 7) is 2.13. The highest BCUT2D eigenvalue weighted by Gasteiger charge is 2.18. The molecule has 152 valence electrons. The zero-order valence-corrected chi connectivity index (χ0v) is 17.0. The van der Waals surface area contributed by atoms with Crippen molar-refractivity contribution in [2.45, 2.75) is 13.3 Å². The molecule has 6 heteroatoms. The average Bonchev–Trinajstić information content (AvgIpc) is 3.18. The van der Waals surface area contributed by atoms with Crippen LogP contribution in [-0.4, -0.2) is 19.5 Å². The van der Waals surface area contributed by atoms with Crippen molar-refractivity contribution in [1.82, 2.24) is 19.5 Å². The number of nitrogens with two attached hydrogens (primary N) is 1. The molecule has 31 heavy (non-hydrogen) atoms. The smallest absolute Gasteiger partial charge is 0.165 e. The Balaban J connectivity index is 1.77. The number of para-hydroxylation sites is 1. The Labute approximate surface area is 179 Å². The number of benzene rings is 2. The number of anilines is 1. The third kappa shape index (κ3) is 3.42. The Hall–Kier alpha value is -4.06. The van der Waals surface area contributed by atoms with E-state index >= 15 is 0 Å². The van der Waals surface area contributed by atoms with E-state index in [1.54, 1.807) is 6.07 Å². The number of hydrogen-bond donors (Lipinski definition) is 1. The first-order chi connectivity index (χ1) is 15.1. The van der Waals surface area contributed by atoms with E-state index in [2.05, 4.69) is 36.2 Å². The molecular formula is C25H20FN5. The number of aryl methyl sites for hydroxylation is 1. The van der Waals surface area contributed by atoms with E-state index in [4.69, 9.17) is 15.7 Å². The molecule has 0 aliphatic heterocycles. The quantitative estimate of drug-likeness (QED) is 0.402. The molecular weight excluding hydrogens is 389 g/mol. The molecule has 5 nitrogen and oxygen atoms in total. The number of fused-ring (bicyclic) bond motifs is 1. The van der Waals surface area contributed by atoms with Gasteiger partial charge in [-0.05, 0) is 60.5 Å². The Kier molecular flexibility index (Phi) is 4.67. The first kappa shape index (κ1) is 18.9. The molecule has 0 saturated carbocycles. The highest BCUT2D eigenvalue weighted by molar-refractivity contribution is 5.85. The number of halogens is 1. The highest BCUT2D eigenvalue weighted by atomic mass is 19.1. The normalized spacial score (nSPS) is 11.2.